The van der Waals surface area contributed by atoms with Crippen LogP contribution in [-0.4, -0.2) is 63.1 Å². The number of hydrogen-bond acceptors (Lipinski definition) is 5. The van der Waals surface area contributed by atoms with Gasteiger partial charge in [0.1, 0.15) is 0 Å². The molecule has 1 saturated carbocycles. The van der Waals surface area contributed by atoms with Gasteiger partial charge in [0.25, 0.3) is 0 Å². The summed E-state index contributed by atoms with van der Waals surface area (Å²) in [5.74, 6) is 0.0619. The van der Waals surface area contributed by atoms with Gasteiger partial charge in [0.15, 0.2) is 5.17 Å². The van der Waals surface area contributed by atoms with Crippen LogP contribution < -0.4 is 10.6 Å². The molecule has 1 aliphatic carbocycles. The first-order chi connectivity index (χ1) is 15.1. The number of unbranched alkanes of at least 4 members (excludes halogenated alkanes) is 1. The zero-order chi connectivity index (χ0) is 23.4. The summed E-state index contributed by atoms with van der Waals surface area (Å²) < 4.78 is -0.490. The molecule has 3 rings (SSSR count). The van der Waals surface area contributed by atoms with Crippen molar-refractivity contribution in [3.63, 3.8) is 0 Å². The molecule has 3 aliphatic rings. The Balaban J connectivity index is 1.58. The fraction of sp³-hybridized carbons (Fsp3) is 0.875. The van der Waals surface area contributed by atoms with Crippen molar-refractivity contribution in [1.82, 2.24) is 15.5 Å². The molecule has 0 aromatic heterocycles. The average molecular weight is 467 g/mol. The maximum absolute atomic E-state index is 12.8. The maximum Gasteiger partial charge on any atom is 0.407 e. The monoisotopic (exact) mass is 466 g/mol. The second-order valence-electron chi connectivity index (χ2n) is 11.0. The summed E-state index contributed by atoms with van der Waals surface area (Å²) in [4.78, 5) is 31.3. The molecule has 3 fully saturated rings. The van der Waals surface area contributed by atoms with Gasteiger partial charge in [-0.15, -0.1) is 0 Å². The van der Waals surface area contributed by atoms with Crippen molar-refractivity contribution in [1.29, 1.82) is 0 Å². The minimum Gasteiger partial charge on any atom is -0.465 e. The van der Waals surface area contributed by atoms with Gasteiger partial charge in [-0.1, -0.05) is 71.1 Å². The van der Waals surface area contributed by atoms with Crippen LogP contribution in [0.15, 0.2) is 4.99 Å². The molecule has 2 saturated heterocycles. The zero-order valence-corrected chi connectivity index (χ0v) is 21.2. The number of amides is 2. The van der Waals surface area contributed by atoms with Crippen molar-refractivity contribution in [2.45, 2.75) is 108 Å². The fourth-order valence-corrected chi connectivity index (χ4v) is 6.68. The Hall–Kier alpha value is -1.28. The number of carbonyl (C=O) groups excluding carboxylic acids is 1. The quantitative estimate of drug-likeness (QED) is 0.392. The van der Waals surface area contributed by atoms with E-state index in [0.717, 1.165) is 43.7 Å². The van der Waals surface area contributed by atoms with E-state index in [1.165, 1.54) is 25.7 Å². The minimum absolute atomic E-state index is 0.0619. The number of aliphatic imine (C=N–C) groups is 1. The highest BCUT2D eigenvalue weighted by atomic mass is 32.2. The Labute approximate surface area is 197 Å². The van der Waals surface area contributed by atoms with Crippen LogP contribution in [0.2, 0.25) is 0 Å². The van der Waals surface area contributed by atoms with Gasteiger partial charge in [-0.3, -0.25) is 14.7 Å². The van der Waals surface area contributed by atoms with Gasteiger partial charge >= 0.3 is 6.09 Å². The van der Waals surface area contributed by atoms with E-state index in [9.17, 15) is 14.7 Å². The molecule has 8 heteroatoms. The molecular weight excluding hydrogens is 424 g/mol. The highest BCUT2D eigenvalue weighted by Crippen LogP contribution is 2.42. The number of rotatable bonds is 6. The molecule has 0 bridgehead atoms. The van der Waals surface area contributed by atoms with E-state index >= 15 is 0 Å². The lowest BCUT2D eigenvalue weighted by atomic mass is 9.68. The summed E-state index contributed by atoms with van der Waals surface area (Å²) in [5.41, 5.74) is -0.615. The Kier molecular flexibility index (Phi) is 8.18. The number of hydrogen-bond donors (Lipinski definition) is 3. The predicted octanol–water partition coefficient (Wildman–Crippen LogP) is 4.62. The molecule has 3 N–H and O–H groups in total. The normalized spacial score (nSPS) is 31.6. The van der Waals surface area contributed by atoms with Crippen molar-refractivity contribution in [2.24, 2.45) is 10.4 Å². The second kappa shape index (κ2) is 10.3. The van der Waals surface area contributed by atoms with Crippen LogP contribution >= 0.6 is 11.8 Å². The first-order valence-corrected chi connectivity index (χ1v) is 13.2. The van der Waals surface area contributed by atoms with E-state index in [0.29, 0.717) is 25.7 Å². The zero-order valence-electron chi connectivity index (χ0n) is 20.3. The van der Waals surface area contributed by atoms with E-state index in [1.54, 1.807) is 16.7 Å². The highest BCUT2D eigenvalue weighted by Gasteiger charge is 2.50. The van der Waals surface area contributed by atoms with Crippen molar-refractivity contribution < 1.29 is 14.7 Å². The molecule has 0 aromatic rings. The summed E-state index contributed by atoms with van der Waals surface area (Å²) in [6.07, 6.45) is 9.81. The Morgan fingerprint density at radius 3 is 2.47 bits per heavy atom. The summed E-state index contributed by atoms with van der Waals surface area (Å²) in [5, 5.41) is 17.1. The Bertz CT molecular complexity index is 715. The van der Waals surface area contributed by atoms with E-state index in [1.807, 2.05) is 6.92 Å². The third-order valence-electron chi connectivity index (χ3n) is 7.71. The molecule has 0 radical (unpaired) electrons. The molecular formula is C24H42N4O3S. The lowest BCUT2D eigenvalue weighted by Crippen LogP contribution is -2.68. The number of nitrogens with one attached hydrogen (secondary N) is 2. The van der Waals surface area contributed by atoms with E-state index < -0.39 is 16.4 Å². The lowest BCUT2D eigenvalue weighted by molar-refractivity contribution is -0.121. The third-order valence-corrected chi connectivity index (χ3v) is 8.96. The summed E-state index contributed by atoms with van der Waals surface area (Å²) >= 11 is 1.59. The predicted molar refractivity (Wildman–Crippen MR) is 131 cm³/mol. The summed E-state index contributed by atoms with van der Waals surface area (Å²) in [6, 6.07) is 0.343. The average Bonchev–Trinajstić information content (AvgIpc) is 2.88. The van der Waals surface area contributed by atoms with Gasteiger partial charge in [-0.2, -0.15) is 0 Å². The molecule has 2 amide bonds. The van der Waals surface area contributed by atoms with Crippen LogP contribution in [0.3, 0.4) is 0 Å². The largest absolute Gasteiger partial charge is 0.465 e. The van der Waals surface area contributed by atoms with Crippen LogP contribution in [0.25, 0.3) is 0 Å². The maximum atomic E-state index is 12.8. The number of carboxylic acid groups (broad SMARTS) is 1. The lowest BCUT2D eigenvalue weighted by Gasteiger charge is -2.54. The third kappa shape index (κ3) is 5.61. The molecule has 32 heavy (non-hydrogen) atoms. The Morgan fingerprint density at radius 1 is 1.19 bits per heavy atom. The second-order valence-corrected chi connectivity index (χ2v) is 12.5. The van der Waals surface area contributed by atoms with E-state index in [-0.39, 0.29) is 11.3 Å². The van der Waals surface area contributed by atoms with E-state index in [4.69, 9.17) is 4.99 Å². The summed E-state index contributed by atoms with van der Waals surface area (Å²) in [7, 11) is 0. The van der Waals surface area contributed by atoms with Crippen LogP contribution in [0.5, 0.6) is 0 Å². The molecule has 2 aliphatic heterocycles. The van der Waals surface area contributed by atoms with Gasteiger partial charge in [-0.25, -0.2) is 4.79 Å². The number of nitrogens with zero attached hydrogens (tertiary/aromatic N) is 2. The molecule has 2 atom stereocenters. The summed E-state index contributed by atoms with van der Waals surface area (Å²) in [6.45, 7) is 10.3. The minimum atomic E-state index is -0.835. The topological polar surface area (TPSA) is 94.0 Å². The number of thioether (sulfide) groups is 1. The highest BCUT2D eigenvalue weighted by molar-refractivity contribution is 8.16. The van der Waals surface area contributed by atoms with Crippen molar-refractivity contribution in [3.8, 4) is 0 Å². The van der Waals surface area contributed by atoms with Gasteiger partial charge in [0.05, 0.1) is 16.3 Å². The number of amidine groups is 1. The van der Waals surface area contributed by atoms with Gasteiger partial charge in [-0.05, 0) is 38.0 Å². The number of piperazine rings is 1. The smallest absolute Gasteiger partial charge is 0.407 e. The first kappa shape index (κ1) is 25.3. The fourth-order valence-electron chi connectivity index (χ4n) is 5.51. The molecule has 0 aromatic carbocycles. The van der Waals surface area contributed by atoms with E-state index in [2.05, 4.69) is 31.4 Å². The van der Waals surface area contributed by atoms with Crippen molar-refractivity contribution in [3.05, 3.63) is 0 Å². The van der Waals surface area contributed by atoms with Crippen molar-refractivity contribution in [2.75, 3.05) is 19.6 Å². The van der Waals surface area contributed by atoms with Gasteiger partial charge in [0.2, 0.25) is 5.91 Å². The van der Waals surface area contributed by atoms with Gasteiger partial charge < -0.3 is 15.7 Å². The Morgan fingerprint density at radius 2 is 1.84 bits per heavy atom. The van der Waals surface area contributed by atoms with Crippen LogP contribution in [0.1, 0.15) is 91.9 Å². The van der Waals surface area contributed by atoms with Crippen LogP contribution in [0.4, 0.5) is 4.79 Å². The standard InChI is InChI=1S/C24H42N4O3S/c1-22(2,3)24(17-25-15-16-28(24)21(30)31)14-10-9-13-23(4)19(29)27-20(32-23)26-18-11-7-5-6-8-12-18/h18,25H,5-17H2,1-4H3,(H,30,31)(H,26,27,29). The SMILES string of the molecule is CC1(CCCCC2(C(C)(C)C)CNCCN2C(=O)O)SC(=NC2CCCCCC2)NC1=O. The van der Waals surface area contributed by atoms with Gasteiger partial charge in [0, 0.05) is 19.6 Å². The molecule has 2 heterocycles. The molecule has 0 spiro atoms. The first-order valence-electron chi connectivity index (χ1n) is 12.4. The molecule has 7 nitrogen and oxygen atoms in total. The molecule has 2 unspecified atom stereocenters. The van der Waals surface area contributed by atoms with Crippen LogP contribution in [0, 0.1) is 5.41 Å². The molecule has 182 valence electrons. The number of carbonyl (C=O) groups is 2. The van der Waals surface area contributed by atoms with Crippen LogP contribution in [-0.2, 0) is 4.79 Å². The van der Waals surface area contributed by atoms with Crippen molar-refractivity contribution >= 4 is 28.9 Å².